The van der Waals surface area contributed by atoms with Crippen molar-refractivity contribution < 1.29 is 9.59 Å². The molecule has 1 N–H and O–H groups in total. The highest BCUT2D eigenvalue weighted by atomic mass is 35.5. The quantitative estimate of drug-likeness (QED) is 0.573. The summed E-state index contributed by atoms with van der Waals surface area (Å²) in [7, 11) is 0. The fourth-order valence-corrected chi connectivity index (χ4v) is 3.12. The molecule has 0 spiro atoms. The maximum absolute atomic E-state index is 12.4. The fourth-order valence-electron chi connectivity index (χ4n) is 2.80. The Morgan fingerprint density at radius 1 is 1.04 bits per heavy atom. The molecule has 1 heterocycles. The molecule has 0 aliphatic carbocycles. The van der Waals surface area contributed by atoms with E-state index in [0.717, 1.165) is 30.6 Å². The second-order valence-corrected chi connectivity index (χ2v) is 6.80. The Morgan fingerprint density at radius 2 is 1.84 bits per heavy atom. The van der Waals surface area contributed by atoms with Gasteiger partial charge in [0.2, 0.25) is 0 Å². The Hall–Kier alpha value is -2.04. The third-order valence-corrected chi connectivity index (χ3v) is 4.89. The number of fused-ring (bicyclic) bond motifs is 1. The zero-order valence-electron chi connectivity index (χ0n) is 13.8. The molecule has 0 aromatic heterocycles. The average Bonchev–Trinajstić information content (AvgIpc) is 2.83. The summed E-state index contributed by atoms with van der Waals surface area (Å²) in [5, 5.41) is 4.15. The van der Waals surface area contributed by atoms with Crippen LogP contribution in [0, 0.1) is 0 Å². The summed E-state index contributed by atoms with van der Waals surface area (Å²) in [6, 6.07) is 10.6. The normalized spacial score (nSPS) is 13.3. The van der Waals surface area contributed by atoms with E-state index in [1.807, 2.05) is 12.1 Å². The van der Waals surface area contributed by atoms with Crippen LogP contribution in [0.25, 0.3) is 0 Å². The number of amides is 1. The molecule has 3 rings (SSSR count). The number of carbonyl (C=O) groups is 2. The molecule has 1 aliphatic heterocycles. The van der Waals surface area contributed by atoms with Crippen LogP contribution in [0.1, 0.15) is 35.7 Å². The summed E-state index contributed by atoms with van der Waals surface area (Å²) in [4.78, 5) is 26.2. The Bertz CT molecular complexity index is 836. The summed E-state index contributed by atoms with van der Waals surface area (Å²) in [6.07, 6.45) is 2.14. The van der Waals surface area contributed by atoms with Crippen LogP contribution in [-0.2, 0) is 11.3 Å². The number of Topliss-reactive ketones (excluding diaryl/α,β-unsaturated/α-hetero) is 1. The standard InChI is InChI=1S/C19H18Cl2N2O2/c1-2-3-8-22-13-5-7-17-14(10-13)18(24)19(25)23(17)11-12-4-6-15(20)16(21)9-12/h4-7,9-10,22H,2-3,8,11H2,1H3. The highest BCUT2D eigenvalue weighted by molar-refractivity contribution is 6.52. The van der Waals surface area contributed by atoms with E-state index < -0.39 is 11.7 Å². The number of hydrogen-bond donors (Lipinski definition) is 1. The van der Waals surface area contributed by atoms with Crippen LogP contribution < -0.4 is 10.2 Å². The van der Waals surface area contributed by atoms with Gasteiger partial charge in [-0.2, -0.15) is 0 Å². The highest BCUT2D eigenvalue weighted by Crippen LogP contribution is 2.33. The van der Waals surface area contributed by atoms with Crippen LogP contribution in [0.3, 0.4) is 0 Å². The first kappa shape index (κ1) is 17.8. The van der Waals surface area contributed by atoms with E-state index in [4.69, 9.17) is 23.2 Å². The van der Waals surface area contributed by atoms with E-state index in [2.05, 4.69) is 12.2 Å². The lowest BCUT2D eigenvalue weighted by Crippen LogP contribution is -2.29. The SMILES string of the molecule is CCCCNc1ccc2c(c1)C(=O)C(=O)N2Cc1ccc(Cl)c(Cl)c1. The van der Waals surface area contributed by atoms with Gasteiger partial charge in [-0.3, -0.25) is 9.59 Å². The van der Waals surface area contributed by atoms with Crippen molar-refractivity contribution in [3.63, 3.8) is 0 Å². The molecule has 6 heteroatoms. The predicted molar refractivity (Wildman–Crippen MR) is 102 cm³/mol. The van der Waals surface area contributed by atoms with Crippen molar-refractivity contribution in [3.8, 4) is 0 Å². The zero-order valence-corrected chi connectivity index (χ0v) is 15.3. The lowest BCUT2D eigenvalue weighted by molar-refractivity contribution is -0.114. The van der Waals surface area contributed by atoms with Gasteiger partial charge >= 0.3 is 0 Å². The summed E-state index contributed by atoms with van der Waals surface area (Å²) in [6.45, 7) is 3.23. The van der Waals surface area contributed by atoms with Gasteiger partial charge in [0.1, 0.15) is 0 Å². The molecule has 4 nitrogen and oxygen atoms in total. The van der Waals surface area contributed by atoms with Crippen LogP contribution in [0.2, 0.25) is 10.0 Å². The smallest absolute Gasteiger partial charge is 0.299 e. The summed E-state index contributed by atoms with van der Waals surface area (Å²) in [5.74, 6) is -0.999. The third-order valence-electron chi connectivity index (χ3n) is 4.16. The lowest BCUT2D eigenvalue weighted by atomic mass is 10.1. The minimum absolute atomic E-state index is 0.275. The Labute approximate surface area is 156 Å². The molecule has 1 amide bonds. The number of halogens is 2. The number of anilines is 2. The molecule has 130 valence electrons. The predicted octanol–water partition coefficient (Wildman–Crippen LogP) is 4.93. The van der Waals surface area contributed by atoms with Gasteiger partial charge in [-0.1, -0.05) is 42.6 Å². The molecule has 0 fully saturated rings. The van der Waals surface area contributed by atoms with Gasteiger partial charge in [-0.25, -0.2) is 0 Å². The van der Waals surface area contributed by atoms with Crippen molar-refractivity contribution in [2.75, 3.05) is 16.8 Å². The number of nitrogens with one attached hydrogen (secondary N) is 1. The number of carbonyl (C=O) groups excluding carboxylic acids is 2. The molecule has 1 aliphatic rings. The highest BCUT2D eigenvalue weighted by Gasteiger charge is 2.35. The van der Waals surface area contributed by atoms with Crippen LogP contribution in [0.5, 0.6) is 0 Å². The number of unbranched alkanes of at least 4 members (excludes halogenated alkanes) is 1. The van der Waals surface area contributed by atoms with Gasteiger partial charge in [0.25, 0.3) is 11.7 Å². The first-order valence-corrected chi connectivity index (χ1v) is 8.95. The number of hydrogen-bond acceptors (Lipinski definition) is 3. The van der Waals surface area contributed by atoms with Gasteiger partial charge < -0.3 is 10.2 Å². The van der Waals surface area contributed by atoms with Crippen molar-refractivity contribution in [1.82, 2.24) is 0 Å². The number of rotatable bonds is 6. The van der Waals surface area contributed by atoms with Crippen molar-refractivity contribution >= 4 is 46.3 Å². The number of benzene rings is 2. The zero-order chi connectivity index (χ0) is 18.0. The van der Waals surface area contributed by atoms with Crippen LogP contribution in [-0.4, -0.2) is 18.2 Å². The van der Waals surface area contributed by atoms with E-state index in [1.165, 1.54) is 4.90 Å². The molecule has 0 bridgehead atoms. The summed E-state index contributed by atoms with van der Waals surface area (Å²) >= 11 is 12.0. The minimum atomic E-state index is -0.521. The molecule has 0 saturated carbocycles. The Balaban J connectivity index is 1.84. The van der Waals surface area contributed by atoms with E-state index in [-0.39, 0.29) is 6.54 Å². The molecular weight excluding hydrogens is 359 g/mol. The van der Waals surface area contributed by atoms with Crippen LogP contribution in [0.4, 0.5) is 11.4 Å². The molecule has 2 aromatic rings. The van der Waals surface area contributed by atoms with E-state index >= 15 is 0 Å². The average molecular weight is 377 g/mol. The van der Waals surface area contributed by atoms with Gasteiger partial charge in [0, 0.05) is 12.2 Å². The molecule has 25 heavy (non-hydrogen) atoms. The van der Waals surface area contributed by atoms with Gasteiger partial charge in [-0.05, 0) is 42.3 Å². The fraction of sp³-hybridized carbons (Fsp3) is 0.263. The van der Waals surface area contributed by atoms with Gasteiger partial charge in [0.05, 0.1) is 27.8 Å². The molecular formula is C19H18Cl2N2O2. The number of nitrogens with zero attached hydrogens (tertiary/aromatic N) is 1. The number of ketones is 1. The summed E-state index contributed by atoms with van der Waals surface area (Å²) in [5.41, 5.74) is 2.73. The second kappa shape index (κ2) is 7.46. The maximum Gasteiger partial charge on any atom is 0.299 e. The van der Waals surface area contributed by atoms with E-state index in [0.29, 0.717) is 21.3 Å². The van der Waals surface area contributed by atoms with Gasteiger partial charge in [-0.15, -0.1) is 0 Å². The van der Waals surface area contributed by atoms with Crippen molar-refractivity contribution in [3.05, 3.63) is 57.6 Å². The monoisotopic (exact) mass is 376 g/mol. The van der Waals surface area contributed by atoms with E-state index in [1.54, 1.807) is 24.3 Å². The molecule has 0 unspecified atom stereocenters. The van der Waals surface area contributed by atoms with Crippen molar-refractivity contribution in [1.29, 1.82) is 0 Å². The largest absolute Gasteiger partial charge is 0.385 e. The first-order chi connectivity index (χ1) is 12.0. The Morgan fingerprint density at radius 3 is 2.56 bits per heavy atom. The van der Waals surface area contributed by atoms with Crippen molar-refractivity contribution in [2.24, 2.45) is 0 Å². The first-order valence-electron chi connectivity index (χ1n) is 8.19. The summed E-state index contributed by atoms with van der Waals surface area (Å²) < 4.78 is 0. The van der Waals surface area contributed by atoms with Crippen molar-refractivity contribution in [2.45, 2.75) is 26.3 Å². The Kier molecular flexibility index (Phi) is 5.30. The molecule has 2 aromatic carbocycles. The molecule has 0 saturated heterocycles. The minimum Gasteiger partial charge on any atom is -0.385 e. The molecule has 0 atom stereocenters. The van der Waals surface area contributed by atoms with E-state index in [9.17, 15) is 9.59 Å². The van der Waals surface area contributed by atoms with Crippen LogP contribution in [0.15, 0.2) is 36.4 Å². The van der Waals surface area contributed by atoms with Crippen LogP contribution >= 0.6 is 23.2 Å². The lowest BCUT2D eigenvalue weighted by Gasteiger charge is -2.17. The third kappa shape index (κ3) is 3.65. The maximum atomic E-state index is 12.4. The second-order valence-electron chi connectivity index (χ2n) is 5.98. The van der Waals surface area contributed by atoms with Gasteiger partial charge in [0.15, 0.2) is 0 Å². The topological polar surface area (TPSA) is 49.4 Å². The molecule has 0 radical (unpaired) electrons.